The van der Waals surface area contributed by atoms with Crippen LogP contribution in [0.3, 0.4) is 0 Å². The van der Waals surface area contributed by atoms with Crippen LogP contribution in [0.15, 0.2) is 71.6 Å². The van der Waals surface area contributed by atoms with Crippen LogP contribution in [0.1, 0.15) is 64.4 Å². The molecule has 0 radical (unpaired) electrons. The van der Waals surface area contributed by atoms with E-state index < -0.39 is 46.1 Å². The number of aromatic nitrogens is 1. The number of nitrogens with one attached hydrogen (secondary N) is 1. The topological polar surface area (TPSA) is 126 Å². The number of amides is 1. The number of carbonyl (C=O) groups excluding carboxylic acids is 1. The van der Waals surface area contributed by atoms with Crippen LogP contribution in [0.5, 0.6) is 0 Å². The van der Waals surface area contributed by atoms with Crippen LogP contribution in [0.25, 0.3) is 0 Å². The summed E-state index contributed by atoms with van der Waals surface area (Å²) >= 11 is 0. The van der Waals surface area contributed by atoms with Crippen molar-refractivity contribution in [1.82, 2.24) is 9.71 Å². The van der Waals surface area contributed by atoms with E-state index in [-0.39, 0.29) is 28.2 Å². The van der Waals surface area contributed by atoms with E-state index in [9.17, 15) is 27.5 Å². The first-order valence-electron chi connectivity index (χ1n) is 13.0. The number of anilines is 1. The van der Waals surface area contributed by atoms with Gasteiger partial charge >= 0.3 is 12.1 Å². The van der Waals surface area contributed by atoms with Crippen molar-refractivity contribution in [2.75, 3.05) is 11.4 Å². The van der Waals surface area contributed by atoms with Crippen LogP contribution in [0.2, 0.25) is 0 Å². The predicted molar refractivity (Wildman–Crippen MR) is 154 cm³/mol. The normalized spacial score (nSPS) is 13.0. The number of ether oxygens (including phenoxy) is 1. The van der Waals surface area contributed by atoms with E-state index in [1.165, 1.54) is 18.2 Å². The zero-order valence-corrected chi connectivity index (χ0v) is 24.8. The summed E-state index contributed by atoms with van der Waals surface area (Å²) in [6, 6.07) is 16.0. The van der Waals surface area contributed by atoms with Gasteiger partial charge in [-0.1, -0.05) is 57.2 Å². The molecule has 3 aromatic rings. The molecule has 1 atom stereocenters. The number of nitrogens with zero attached hydrogens (tertiary/aromatic N) is 2. The summed E-state index contributed by atoms with van der Waals surface area (Å²) in [5.41, 5.74) is 1.14. The summed E-state index contributed by atoms with van der Waals surface area (Å²) < 4.78 is 48.5. The maximum atomic E-state index is 13.9. The summed E-state index contributed by atoms with van der Waals surface area (Å²) in [4.78, 5) is 29.6. The number of sulfonamides is 1. The van der Waals surface area contributed by atoms with Gasteiger partial charge in [0.15, 0.2) is 0 Å². The quantitative estimate of drug-likeness (QED) is 0.334. The molecule has 0 aliphatic heterocycles. The average Bonchev–Trinajstić information content (AvgIpc) is 2.85. The largest absolute Gasteiger partial charge is 0.480 e. The molecule has 1 heterocycles. The Morgan fingerprint density at radius 2 is 1.63 bits per heavy atom. The van der Waals surface area contributed by atoms with Gasteiger partial charge < -0.3 is 9.84 Å². The summed E-state index contributed by atoms with van der Waals surface area (Å²) in [5, 5.41) is 9.45. The Morgan fingerprint density at radius 1 is 1.00 bits per heavy atom. The molecule has 0 aliphatic rings. The molecule has 0 fully saturated rings. The number of halogens is 1. The zero-order chi connectivity index (χ0) is 30.6. The van der Waals surface area contributed by atoms with Crippen molar-refractivity contribution >= 4 is 27.9 Å². The Morgan fingerprint density at radius 3 is 2.20 bits per heavy atom. The fraction of sp³-hybridized carbons (Fsp3) is 0.367. The van der Waals surface area contributed by atoms with E-state index in [1.807, 2.05) is 24.3 Å². The van der Waals surface area contributed by atoms with Crippen LogP contribution in [-0.2, 0) is 31.4 Å². The van der Waals surface area contributed by atoms with Crippen molar-refractivity contribution in [1.29, 1.82) is 0 Å². The van der Waals surface area contributed by atoms with E-state index in [0.29, 0.717) is 0 Å². The average molecular weight is 586 g/mol. The molecule has 0 bridgehead atoms. The van der Waals surface area contributed by atoms with Crippen LogP contribution in [-0.4, -0.2) is 42.7 Å². The first-order chi connectivity index (χ1) is 18.9. The fourth-order valence-corrected chi connectivity index (χ4v) is 5.19. The Bertz CT molecular complexity index is 1500. The highest BCUT2D eigenvalue weighted by Gasteiger charge is 2.28. The molecule has 220 valence electrons. The maximum absolute atomic E-state index is 13.9. The molecule has 2 aromatic carbocycles. The molecule has 1 unspecified atom stereocenters. The summed E-state index contributed by atoms with van der Waals surface area (Å²) in [6.45, 7) is 10.5. The van der Waals surface area contributed by atoms with Crippen molar-refractivity contribution in [3.05, 3.63) is 89.4 Å². The number of hydrogen-bond donors (Lipinski definition) is 2. The number of rotatable bonds is 9. The molecular formula is C30H36FN3O6S. The highest BCUT2D eigenvalue weighted by Crippen LogP contribution is 2.27. The third-order valence-electron chi connectivity index (χ3n) is 5.96. The van der Waals surface area contributed by atoms with Gasteiger partial charge in [-0.2, -0.15) is 0 Å². The van der Waals surface area contributed by atoms with Crippen LogP contribution < -0.4 is 9.62 Å². The number of carbonyl (C=O) groups is 2. The second-order valence-electron chi connectivity index (χ2n) is 11.7. The molecule has 2 N–H and O–H groups in total. The van der Waals surface area contributed by atoms with E-state index in [4.69, 9.17) is 4.74 Å². The van der Waals surface area contributed by atoms with E-state index in [2.05, 4.69) is 30.5 Å². The van der Waals surface area contributed by atoms with Gasteiger partial charge in [0.05, 0.1) is 16.6 Å². The summed E-state index contributed by atoms with van der Waals surface area (Å²) in [6.07, 6.45) is -0.750. The van der Waals surface area contributed by atoms with Gasteiger partial charge in [-0.15, -0.1) is 0 Å². The second-order valence-corrected chi connectivity index (χ2v) is 13.4. The molecule has 41 heavy (non-hydrogen) atoms. The van der Waals surface area contributed by atoms with Crippen molar-refractivity contribution in [3.8, 4) is 0 Å². The Labute approximate surface area is 240 Å². The van der Waals surface area contributed by atoms with Gasteiger partial charge in [0.2, 0.25) is 10.0 Å². The van der Waals surface area contributed by atoms with Gasteiger partial charge in [0, 0.05) is 0 Å². The smallest absolute Gasteiger partial charge is 0.416 e. The lowest BCUT2D eigenvalue weighted by Crippen LogP contribution is -2.40. The molecule has 0 saturated carbocycles. The van der Waals surface area contributed by atoms with Gasteiger partial charge in [-0.25, -0.2) is 27.3 Å². The van der Waals surface area contributed by atoms with Gasteiger partial charge in [0.1, 0.15) is 23.8 Å². The molecule has 0 aliphatic carbocycles. The first-order valence-corrected chi connectivity index (χ1v) is 14.5. The Kier molecular flexibility index (Phi) is 9.55. The highest BCUT2D eigenvalue weighted by molar-refractivity contribution is 7.89. The molecule has 0 spiro atoms. The third kappa shape index (κ3) is 9.09. The number of aliphatic carboxylic acids is 1. The van der Waals surface area contributed by atoms with Crippen molar-refractivity contribution < 1.29 is 32.2 Å². The molecular weight excluding hydrogens is 549 g/mol. The van der Waals surface area contributed by atoms with E-state index in [1.54, 1.807) is 32.9 Å². The predicted octanol–water partition coefficient (Wildman–Crippen LogP) is 5.61. The second kappa shape index (κ2) is 12.4. The molecule has 3 rings (SSSR count). The van der Waals surface area contributed by atoms with E-state index in [0.717, 1.165) is 28.2 Å². The summed E-state index contributed by atoms with van der Waals surface area (Å²) in [7, 11) is -4.20. The maximum Gasteiger partial charge on any atom is 0.416 e. The van der Waals surface area contributed by atoms with Crippen LogP contribution in [0.4, 0.5) is 15.0 Å². The lowest BCUT2D eigenvalue weighted by molar-refractivity contribution is -0.135. The SMILES string of the molecule is CC(C)(C)OC(=O)N(CC(=O)O)c1cccc(C(Cc2ccc(C(C)(C)C)cc2)NS(=O)(=O)c2cccc(F)c2)n1. The van der Waals surface area contributed by atoms with Crippen molar-refractivity contribution in [3.63, 3.8) is 0 Å². The van der Waals surface area contributed by atoms with Crippen LogP contribution in [0, 0.1) is 5.82 Å². The van der Waals surface area contributed by atoms with Gasteiger partial charge in [0.25, 0.3) is 0 Å². The Hall–Kier alpha value is -3.83. The third-order valence-corrected chi connectivity index (χ3v) is 7.43. The standard InChI is InChI=1S/C30H36FN3O6S/c1-29(2,3)21-15-13-20(14-16-21)17-25(33-41(38,39)23-10-7-9-22(31)18-23)24-11-8-12-26(32-24)34(19-27(35)36)28(37)40-30(4,5)6/h7-16,18,25,33H,17,19H2,1-6H3,(H,35,36). The van der Waals surface area contributed by atoms with Gasteiger partial charge in [-0.3, -0.25) is 9.69 Å². The zero-order valence-electron chi connectivity index (χ0n) is 24.0. The minimum atomic E-state index is -4.20. The summed E-state index contributed by atoms with van der Waals surface area (Å²) in [5.74, 6) is -2.02. The lowest BCUT2D eigenvalue weighted by atomic mass is 9.86. The number of carboxylic acid groups (broad SMARTS) is 1. The number of carboxylic acids is 1. The highest BCUT2D eigenvalue weighted by atomic mass is 32.2. The molecule has 9 nitrogen and oxygen atoms in total. The minimum absolute atomic E-state index is 0.0304. The molecule has 0 saturated heterocycles. The Balaban J connectivity index is 2.05. The van der Waals surface area contributed by atoms with Gasteiger partial charge in [-0.05, 0) is 74.1 Å². The first kappa shape index (κ1) is 31.7. The number of hydrogen-bond acceptors (Lipinski definition) is 6. The van der Waals surface area contributed by atoms with Crippen LogP contribution >= 0.6 is 0 Å². The van der Waals surface area contributed by atoms with Crippen molar-refractivity contribution in [2.24, 2.45) is 0 Å². The molecule has 1 amide bonds. The fourth-order valence-electron chi connectivity index (χ4n) is 3.95. The minimum Gasteiger partial charge on any atom is -0.480 e. The van der Waals surface area contributed by atoms with Crippen molar-refractivity contribution in [2.45, 2.75) is 69.9 Å². The lowest BCUT2D eigenvalue weighted by Gasteiger charge is -2.26. The molecule has 11 heteroatoms. The molecule has 1 aromatic heterocycles. The number of benzene rings is 2. The number of pyridine rings is 1. The monoisotopic (exact) mass is 585 g/mol. The van der Waals surface area contributed by atoms with E-state index >= 15 is 0 Å².